The standard InChI is InChI=1S/C52H35NO/c1-2-14-36(15-3-1)37-26-28-38(29-27-37)44-19-9-11-23-49(44)53(50-24-12-10-22-47(50)52-35-41-17-5-13-25-51(41)54-52)42-32-30-39(31-33-42)48-34-40-16-4-6-18-43(40)45-20-7-8-21-46(45)48/h1-35H. The summed E-state index contributed by atoms with van der Waals surface area (Å²) < 4.78 is 6.51. The maximum absolute atomic E-state index is 6.51. The quantitative estimate of drug-likeness (QED) is 0.155. The van der Waals surface area contributed by atoms with Crippen LogP contribution in [0.3, 0.4) is 0 Å². The first kappa shape index (κ1) is 31.6. The van der Waals surface area contributed by atoms with Gasteiger partial charge in [-0.25, -0.2) is 0 Å². The van der Waals surface area contributed by atoms with Crippen LogP contribution in [0.25, 0.3) is 77.2 Å². The first-order chi connectivity index (χ1) is 26.8. The summed E-state index contributed by atoms with van der Waals surface area (Å²) in [6.07, 6.45) is 0. The smallest absolute Gasteiger partial charge is 0.137 e. The number of para-hydroxylation sites is 3. The van der Waals surface area contributed by atoms with Crippen LogP contribution >= 0.6 is 0 Å². The highest BCUT2D eigenvalue weighted by atomic mass is 16.3. The maximum Gasteiger partial charge on any atom is 0.137 e. The lowest BCUT2D eigenvalue weighted by molar-refractivity contribution is 0.631. The zero-order valence-electron chi connectivity index (χ0n) is 29.6. The lowest BCUT2D eigenvalue weighted by atomic mass is 9.93. The van der Waals surface area contributed by atoms with Crippen LogP contribution in [0.4, 0.5) is 17.1 Å². The van der Waals surface area contributed by atoms with Crippen molar-refractivity contribution in [3.05, 3.63) is 212 Å². The number of nitrogens with zero attached hydrogens (tertiary/aromatic N) is 1. The van der Waals surface area contributed by atoms with Gasteiger partial charge in [0.2, 0.25) is 0 Å². The van der Waals surface area contributed by atoms with Gasteiger partial charge in [0.15, 0.2) is 0 Å². The molecule has 9 aromatic carbocycles. The van der Waals surface area contributed by atoms with Crippen LogP contribution in [0.5, 0.6) is 0 Å². The van der Waals surface area contributed by atoms with E-state index in [4.69, 9.17) is 4.42 Å². The molecule has 2 nitrogen and oxygen atoms in total. The molecule has 0 radical (unpaired) electrons. The first-order valence-corrected chi connectivity index (χ1v) is 18.4. The highest BCUT2D eigenvalue weighted by Gasteiger charge is 2.22. The molecule has 10 aromatic rings. The molecule has 0 saturated carbocycles. The van der Waals surface area contributed by atoms with E-state index in [1.54, 1.807) is 0 Å². The Labute approximate surface area is 314 Å². The molecule has 0 atom stereocenters. The number of hydrogen-bond donors (Lipinski definition) is 0. The van der Waals surface area contributed by atoms with Crippen LogP contribution in [0.1, 0.15) is 0 Å². The van der Waals surface area contributed by atoms with Crippen molar-refractivity contribution in [3.8, 4) is 44.7 Å². The molecular weight excluding hydrogens is 655 g/mol. The third-order valence-electron chi connectivity index (χ3n) is 10.5. The molecule has 0 fully saturated rings. The van der Waals surface area contributed by atoms with Crippen molar-refractivity contribution in [2.75, 3.05) is 4.90 Å². The fraction of sp³-hybridized carbons (Fsp3) is 0. The summed E-state index contributed by atoms with van der Waals surface area (Å²) in [4.78, 5) is 2.38. The molecule has 0 bridgehead atoms. The highest BCUT2D eigenvalue weighted by Crippen LogP contribution is 2.46. The minimum atomic E-state index is 0.834. The Balaban J connectivity index is 1.14. The van der Waals surface area contributed by atoms with E-state index in [-0.39, 0.29) is 0 Å². The molecule has 10 rings (SSSR count). The SMILES string of the molecule is c1ccc(-c2ccc(-c3ccccc3N(c3ccc(-c4cc5ccccc5c5ccccc45)cc3)c3ccccc3-c3cc4ccccc4o3)cc2)cc1. The third kappa shape index (κ3) is 5.62. The molecule has 0 unspecified atom stereocenters. The molecule has 254 valence electrons. The Morgan fingerprint density at radius 2 is 0.833 bits per heavy atom. The van der Waals surface area contributed by atoms with E-state index < -0.39 is 0 Å². The van der Waals surface area contributed by atoms with Gasteiger partial charge in [0.05, 0.1) is 11.4 Å². The van der Waals surface area contributed by atoms with Gasteiger partial charge in [0.25, 0.3) is 0 Å². The average Bonchev–Trinajstić information content (AvgIpc) is 3.69. The molecule has 0 spiro atoms. The zero-order valence-corrected chi connectivity index (χ0v) is 29.6. The van der Waals surface area contributed by atoms with Gasteiger partial charge in [-0.2, -0.15) is 0 Å². The predicted molar refractivity (Wildman–Crippen MR) is 228 cm³/mol. The van der Waals surface area contributed by atoms with Gasteiger partial charge in [-0.05, 0) is 97.9 Å². The van der Waals surface area contributed by atoms with Gasteiger partial charge in [-0.15, -0.1) is 0 Å². The van der Waals surface area contributed by atoms with Crippen LogP contribution < -0.4 is 4.90 Å². The van der Waals surface area contributed by atoms with Gasteiger partial charge in [-0.3, -0.25) is 0 Å². The molecule has 0 aliphatic rings. The van der Waals surface area contributed by atoms with Crippen LogP contribution in [0.2, 0.25) is 0 Å². The van der Waals surface area contributed by atoms with E-state index in [0.29, 0.717) is 0 Å². The zero-order chi connectivity index (χ0) is 35.8. The van der Waals surface area contributed by atoms with Crippen molar-refractivity contribution >= 4 is 49.6 Å². The Morgan fingerprint density at radius 1 is 0.315 bits per heavy atom. The van der Waals surface area contributed by atoms with E-state index in [2.05, 4.69) is 205 Å². The van der Waals surface area contributed by atoms with Gasteiger partial charge >= 0.3 is 0 Å². The molecular formula is C52H35NO. The molecule has 0 aliphatic carbocycles. The summed E-state index contributed by atoms with van der Waals surface area (Å²) in [5.41, 5.74) is 12.2. The summed E-state index contributed by atoms with van der Waals surface area (Å²) in [6.45, 7) is 0. The van der Waals surface area contributed by atoms with Crippen molar-refractivity contribution in [1.82, 2.24) is 0 Å². The second kappa shape index (κ2) is 13.4. The minimum Gasteiger partial charge on any atom is -0.456 e. The van der Waals surface area contributed by atoms with Crippen molar-refractivity contribution in [1.29, 1.82) is 0 Å². The minimum absolute atomic E-state index is 0.834. The van der Waals surface area contributed by atoms with Crippen molar-refractivity contribution in [2.24, 2.45) is 0 Å². The van der Waals surface area contributed by atoms with Gasteiger partial charge < -0.3 is 9.32 Å². The van der Waals surface area contributed by atoms with Crippen molar-refractivity contribution in [2.45, 2.75) is 0 Å². The largest absolute Gasteiger partial charge is 0.456 e. The number of anilines is 3. The van der Waals surface area contributed by atoms with Crippen LogP contribution in [-0.2, 0) is 0 Å². The second-order valence-electron chi connectivity index (χ2n) is 13.7. The van der Waals surface area contributed by atoms with E-state index >= 15 is 0 Å². The topological polar surface area (TPSA) is 16.4 Å². The average molecular weight is 690 g/mol. The Bertz CT molecular complexity index is 2890. The second-order valence-corrected chi connectivity index (χ2v) is 13.7. The summed E-state index contributed by atoms with van der Waals surface area (Å²) in [5, 5.41) is 6.11. The first-order valence-electron chi connectivity index (χ1n) is 18.4. The molecule has 54 heavy (non-hydrogen) atoms. The maximum atomic E-state index is 6.51. The number of benzene rings is 9. The molecule has 0 N–H and O–H groups in total. The summed E-state index contributed by atoms with van der Waals surface area (Å²) in [6, 6.07) is 75.8. The van der Waals surface area contributed by atoms with Gasteiger partial charge in [0.1, 0.15) is 11.3 Å². The fourth-order valence-electron chi connectivity index (χ4n) is 7.87. The lowest BCUT2D eigenvalue weighted by Gasteiger charge is -2.29. The van der Waals surface area contributed by atoms with E-state index in [9.17, 15) is 0 Å². The monoisotopic (exact) mass is 689 g/mol. The van der Waals surface area contributed by atoms with Crippen LogP contribution in [-0.4, -0.2) is 0 Å². The van der Waals surface area contributed by atoms with E-state index in [0.717, 1.165) is 50.5 Å². The Morgan fingerprint density at radius 3 is 1.59 bits per heavy atom. The molecule has 1 heterocycles. The number of rotatable bonds is 7. The fourth-order valence-corrected chi connectivity index (χ4v) is 7.87. The molecule has 2 heteroatoms. The van der Waals surface area contributed by atoms with E-state index in [1.807, 2.05) is 12.1 Å². The highest BCUT2D eigenvalue weighted by molar-refractivity contribution is 6.13. The Hall–Kier alpha value is -7.16. The van der Waals surface area contributed by atoms with Crippen molar-refractivity contribution < 1.29 is 4.42 Å². The number of furan rings is 1. The van der Waals surface area contributed by atoms with Crippen LogP contribution in [0, 0.1) is 0 Å². The molecule has 0 aliphatic heterocycles. The van der Waals surface area contributed by atoms with Crippen LogP contribution in [0.15, 0.2) is 217 Å². The normalized spacial score (nSPS) is 11.3. The lowest BCUT2D eigenvalue weighted by Crippen LogP contribution is -2.12. The predicted octanol–water partition coefficient (Wildman–Crippen LogP) is 14.9. The Kier molecular flexibility index (Phi) is 7.85. The molecule has 0 saturated heterocycles. The van der Waals surface area contributed by atoms with E-state index in [1.165, 1.54) is 43.8 Å². The third-order valence-corrected chi connectivity index (χ3v) is 10.5. The summed E-state index contributed by atoms with van der Waals surface area (Å²) in [5.74, 6) is 0.834. The number of fused-ring (bicyclic) bond motifs is 4. The summed E-state index contributed by atoms with van der Waals surface area (Å²) in [7, 11) is 0. The molecule has 0 amide bonds. The van der Waals surface area contributed by atoms with Crippen molar-refractivity contribution in [3.63, 3.8) is 0 Å². The van der Waals surface area contributed by atoms with Gasteiger partial charge in [0, 0.05) is 22.2 Å². The summed E-state index contributed by atoms with van der Waals surface area (Å²) >= 11 is 0. The number of hydrogen-bond acceptors (Lipinski definition) is 2. The molecule has 1 aromatic heterocycles. The van der Waals surface area contributed by atoms with Gasteiger partial charge in [-0.1, -0.05) is 164 Å².